The minimum Gasteiger partial charge on any atom is -0.398 e. The fourth-order valence-electron chi connectivity index (χ4n) is 3.32. The number of hydrogen-bond acceptors (Lipinski definition) is 4. The van der Waals surface area contributed by atoms with E-state index in [1.54, 1.807) is 6.07 Å². The van der Waals surface area contributed by atoms with E-state index >= 15 is 0 Å². The molecule has 2 aromatic carbocycles. The molecule has 138 valence electrons. The molecule has 26 heavy (non-hydrogen) atoms. The van der Waals surface area contributed by atoms with E-state index in [-0.39, 0.29) is 5.91 Å². The molecule has 0 bridgehead atoms. The van der Waals surface area contributed by atoms with E-state index in [2.05, 4.69) is 41.1 Å². The Morgan fingerprint density at radius 2 is 1.65 bits per heavy atom. The van der Waals surface area contributed by atoms with E-state index < -0.39 is 0 Å². The van der Waals surface area contributed by atoms with Gasteiger partial charge in [0.15, 0.2) is 0 Å². The maximum absolute atomic E-state index is 12.6. The van der Waals surface area contributed by atoms with Gasteiger partial charge in [0.1, 0.15) is 0 Å². The monoisotopic (exact) mass is 352 g/mol. The molecule has 0 saturated carbocycles. The van der Waals surface area contributed by atoms with Crippen LogP contribution in [0.1, 0.15) is 15.9 Å². The molecule has 2 aromatic rings. The van der Waals surface area contributed by atoms with E-state index in [1.807, 2.05) is 29.2 Å². The van der Waals surface area contributed by atoms with Gasteiger partial charge in [-0.2, -0.15) is 0 Å². The predicted octanol–water partition coefficient (Wildman–Crippen LogP) is 2.16. The Labute approximate surface area is 156 Å². The number of para-hydroxylation sites is 1. The second-order valence-corrected chi connectivity index (χ2v) is 6.94. The summed E-state index contributed by atoms with van der Waals surface area (Å²) >= 11 is 0. The highest BCUT2D eigenvalue weighted by Gasteiger charge is 2.23. The minimum atomic E-state index is 0.0453. The number of piperazine rings is 1. The topological polar surface area (TPSA) is 52.8 Å². The lowest BCUT2D eigenvalue weighted by Gasteiger charge is -2.35. The lowest BCUT2D eigenvalue weighted by molar-refractivity contribution is 0.0627. The van der Waals surface area contributed by atoms with Crippen LogP contribution in [0.3, 0.4) is 0 Å². The zero-order valence-corrected chi connectivity index (χ0v) is 15.5. The van der Waals surface area contributed by atoms with Gasteiger partial charge >= 0.3 is 0 Å². The summed E-state index contributed by atoms with van der Waals surface area (Å²) in [6.07, 6.45) is 0. The third kappa shape index (κ3) is 4.84. The second-order valence-electron chi connectivity index (χ2n) is 6.94. The maximum atomic E-state index is 12.6. The second kappa shape index (κ2) is 8.83. The third-order valence-corrected chi connectivity index (χ3v) is 4.94. The summed E-state index contributed by atoms with van der Waals surface area (Å²) in [7, 11) is 2.16. The van der Waals surface area contributed by atoms with E-state index in [9.17, 15) is 4.79 Å². The number of anilines is 1. The zero-order valence-electron chi connectivity index (χ0n) is 15.5. The van der Waals surface area contributed by atoms with Gasteiger partial charge in [-0.3, -0.25) is 9.69 Å². The number of rotatable bonds is 6. The molecular formula is C21H28N4O. The lowest BCUT2D eigenvalue weighted by atomic mass is 10.1. The van der Waals surface area contributed by atoms with Crippen LogP contribution < -0.4 is 5.73 Å². The maximum Gasteiger partial charge on any atom is 0.256 e. The number of amides is 1. The number of nitrogen functional groups attached to an aromatic ring is 1. The van der Waals surface area contributed by atoms with Gasteiger partial charge in [0.25, 0.3) is 5.91 Å². The van der Waals surface area contributed by atoms with Crippen LogP contribution in [-0.2, 0) is 6.54 Å². The first-order chi connectivity index (χ1) is 12.6. The van der Waals surface area contributed by atoms with Crippen molar-refractivity contribution < 1.29 is 4.79 Å². The Morgan fingerprint density at radius 3 is 2.35 bits per heavy atom. The zero-order chi connectivity index (χ0) is 18.4. The van der Waals surface area contributed by atoms with Crippen LogP contribution in [-0.4, -0.2) is 66.9 Å². The Morgan fingerprint density at radius 1 is 1.00 bits per heavy atom. The molecule has 1 heterocycles. The first-order valence-corrected chi connectivity index (χ1v) is 9.22. The SMILES string of the molecule is CN(CCN1CCN(C(=O)c2ccccc2N)CC1)Cc1ccccc1. The van der Waals surface area contributed by atoms with Crippen molar-refractivity contribution in [2.24, 2.45) is 0 Å². The Kier molecular flexibility index (Phi) is 6.26. The molecule has 2 N–H and O–H groups in total. The van der Waals surface area contributed by atoms with E-state index in [4.69, 9.17) is 5.73 Å². The largest absolute Gasteiger partial charge is 0.398 e. The van der Waals surface area contributed by atoms with Crippen LogP contribution in [0.4, 0.5) is 5.69 Å². The van der Waals surface area contributed by atoms with Crippen LogP contribution in [0.15, 0.2) is 54.6 Å². The molecule has 0 spiro atoms. The summed E-state index contributed by atoms with van der Waals surface area (Å²) < 4.78 is 0. The molecule has 3 rings (SSSR count). The molecule has 5 heteroatoms. The van der Waals surface area contributed by atoms with Crippen molar-refractivity contribution in [3.63, 3.8) is 0 Å². The molecule has 0 radical (unpaired) electrons. The molecule has 1 aliphatic rings. The first-order valence-electron chi connectivity index (χ1n) is 9.22. The summed E-state index contributed by atoms with van der Waals surface area (Å²) in [5, 5.41) is 0. The number of nitrogens with zero attached hydrogens (tertiary/aromatic N) is 3. The summed E-state index contributed by atoms with van der Waals surface area (Å²) in [5.41, 5.74) is 8.45. The molecule has 0 atom stereocenters. The van der Waals surface area contributed by atoms with Gasteiger partial charge in [-0.1, -0.05) is 42.5 Å². The Bertz CT molecular complexity index is 711. The first kappa shape index (κ1) is 18.4. The summed E-state index contributed by atoms with van der Waals surface area (Å²) in [4.78, 5) is 19.3. The molecule has 0 aromatic heterocycles. The summed E-state index contributed by atoms with van der Waals surface area (Å²) in [6.45, 7) is 6.36. The number of likely N-dealkylation sites (N-methyl/N-ethyl adjacent to an activating group) is 1. The molecule has 1 fully saturated rings. The fraction of sp³-hybridized carbons (Fsp3) is 0.381. The normalized spacial score (nSPS) is 15.4. The van der Waals surface area contributed by atoms with Gasteiger partial charge in [-0.15, -0.1) is 0 Å². The van der Waals surface area contributed by atoms with Gasteiger partial charge in [0, 0.05) is 51.5 Å². The van der Waals surface area contributed by atoms with Crippen molar-refractivity contribution in [2.75, 3.05) is 52.0 Å². The van der Waals surface area contributed by atoms with E-state index in [0.717, 1.165) is 45.8 Å². The van der Waals surface area contributed by atoms with E-state index in [1.165, 1.54) is 5.56 Å². The van der Waals surface area contributed by atoms with Crippen molar-refractivity contribution in [1.82, 2.24) is 14.7 Å². The van der Waals surface area contributed by atoms with Crippen molar-refractivity contribution in [3.8, 4) is 0 Å². The van der Waals surface area contributed by atoms with Crippen molar-refractivity contribution >= 4 is 11.6 Å². The van der Waals surface area contributed by atoms with Gasteiger partial charge < -0.3 is 15.5 Å². The van der Waals surface area contributed by atoms with E-state index in [0.29, 0.717) is 11.3 Å². The van der Waals surface area contributed by atoms with Gasteiger partial charge in [-0.25, -0.2) is 0 Å². The smallest absolute Gasteiger partial charge is 0.256 e. The molecule has 1 saturated heterocycles. The van der Waals surface area contributed by atoms with Gasteiger partial charge in [0.05, 0.1) is 5.56 Å². The fourth-order valence-corrected chi connectivity index (χ4v) is 3.32. The Balaban J connectivity index is 1.42. The number of carbonyl (C=O) groups is 1. The molecule has 5 nitrogen and oxygen atoms in total. The molecule has 1 amide bonds. The van der Waals surface area contributed by atoms with Crippen LogP contribution >= 0.6 is 0 Å². The predicted molar refractivity (Wildman–Crippen MR) is 106 cm³/mol. The summed E-state index contributed by atoms with van der Waals surface area (Å²) in [6, 6.07) is 17.9. The highest BCUT2D eigenvalue weighted by molar-refractivity contribution is 5.99. The molecular weight excluding hydrogens is 324 g/mol. The Hall–Kier alpha value is -2.37. The van der Waals surface area contributed by atoms with Crippen LogP contribution in [0.5, 0.6) is 0 Å². The van der Waals surface area contributed by atoms with Crippen molar-refractivity contribution in [3.05, 3.63) is 65.7 Å². The average molecular weight is 352 g/mol. The standard InChI is InChI=1S/C21H28N4O/c1-23(17-18-7-3-2-4-8-18)11-12-24-13-15-25(16-14-24)21(26)19-9-5-6-10-20(19)22/h2-10H,11-17,22H2,1H3. The number of carbonyl (C=O) groups excluding carboxylic acids is 1. The van der Waals surface area contributed by atoms with Gasteiger partial charge in [0.2, 0.25) is 0 Å². The average Bonchev–Trinajstić information content (AvgIpc) is 2.67. The van der Waals surface area contributed by atoms with Crippen LogP contribution in [0.2, 0.25) is 0 Å². The molecule has 0 aliphatic carbocycles. The number of hydrogen-bond donors (Lipinski definition) is 1. The van der Waals surface area contributed by atoms with Crippen LogP contribution in [0, 0.1) is 0 Å². The van der Waals surface area contributed by atoms with Crippen molar-refractivity contribution in [1.29, 1.82) is 0 Å². The van der Waals surface area contributed by atoms with Crippen molar-refractivity contribution in [2.45, 2.75) is 6.54 Å². The lowest BCUT2D eigenvalue weighted by Crippen LogP contribution is -2.50. The minimum absolute atomic E-state index is 0.0453. The quantitative estimate of drug-likeness (QED) is 0.810. The third-order valence-electron chi connectivity index (χ3n) is 4.94. The highest BCUT2D eigenvalue weighted by atomic mass is 16.2. The van der Waals surface area contributed by atoms with Gasteiger partial charge in [-0.05, 0) is 24.7 Å². The molecule has 0 unspecified atom stereocenters. The number of benzene rings is 2. The summed E-state index contributed by atoms with van der Waals surface area (Å²) in [5.74, 6) is 0.0453. The highest BCUT2D eigenvalue weighted by Crippen LogP contribution is 2.15. The van der Waals surface area contributed by atoms with Crippen LogP contribution in [0.25, 0.3) is 0 Å². The molecule has 1 aliphatic heterocycles. The number of nitrogens with two attached hydrogens (primary N) is 1.